The predicted molar refractivity (Wildman–Crippen MR) is 22.4 cm³/mol. The molecule has 0 amide bonds. The second-order valence-electron chi connectivity index (χ2n) is 0.424. The zero-order chi connectivity index (χ0) is 3.58. The molecule has 2 nitrogen and oxygen atoms in total. The van der Waals surface area contributed by atoms with Gasteiger partial charge in [0.25, 0.3) is 0 Å². The fraction of sp³-hybridized carbons (Fsp3) is 1.00. The second-order valence-corrected chi connectivity index (χ2v) is 1.27. The monoisotopic (exact) mass is 103 g/mol. The molecule has 1 unspecified atom stereocenters. The summed E-state index contributed by atoms with van der Waals surface area (Å²) in [6, 6.07) is 0. The molecule has 0 fully saturated rings. The van der Waals surface area contributed by atoms with Crippen molar-refractivity contribution in [2.45, 2.75) is 0 Å². The van der Waals surface area contributed by atoms with E-state index in [-0.39, 0.29) is 29.6 Å². The largest absolute Gasteiger partial charge is 0.306 e. The van der Waals surface area contributed by atoms with E-state index < -0.39 is 11.1 Å². The minimum Gasteiger partial charge on any atom is -0.306 e. The Bertz CT molecular complexity index is 32.6. The van der Waals surface area contributed by atoms with E-state index >= 15 is 0 Å². The van der Waals surface area contributed by atoms with E-state index in [1.165, 1.54) is 6.26 Å². The Kier molecular flexibility index (Phi) is 9.65. The van der Waals surface area contributed by atoms with Gasteiger partial charge in [0.05, 0.1) is 0 Å². The standard InChI is InChI=1S/CH4O2S.Na/c1-4(2)3;/h1H3,(H,2,3);. The molecule has 0 aliphatic heterocycles. The topological polar surface area (TPSA) is 37.3 Å². The van der Waals surface area contributed by atoms with Gasteiger partial charge in [-0.3, -0.25) is 0 Å². The van der Waals surface area contributed by atoms with Crippen molar-refractivity contribution in [1.29, 1.82) is 0 Å². The van der Waals surface area contributed by atoms with Crippen LogP contribution in [-0.4, -0.2) is 44.6 Å². The fourth-order valence-corrected chi connectivity index (χ4v) is 0. The van der Waals surface area contributed by atoms with Gasteiger partial charge in [0.1, 0.15) is 11.1 Å². The molecule has 1 N–H and O–H groups in total. The van der Waals surface area contributed by atoms with Crippen LogP contribution in [-0.2, 0) is 11.1 Å². The van der Waals surface area contributed by atoms with Gasteiger partial charge >= 0.3 is 0 Å². The second kappa shape index (κ2) is 5.11. The minimum absolute atomic E-state index is 0. The van der Waals surface area contributed by atoms with Crippen molar-refractivity contribution in [3.8, 4) is 0 Å². The van der Waals surface area contributed by atoms with Crippen LogP contribution in [0.4, 0.5) is 0 Å². The predicted octanol–water partition coefficient (Wildman–Crippen LogP) is -0.543. The first kappa shape index (κ1) is 9.44. The Morgan fingerprint density at radius 1 is 1.80 bits per heavy atom. The summed E-state index contributed by atoms with van der Waals surface area (Å²) in [5, 5.41) is 0. The van der Waals surface area contributed by atoms with E-state index in [4.69, 9.17) is 8.76 Å². The summed E-state index contributed by atoms with van der Waals surface area (Å²) in [5.74, 6) is 0. The first-order chi connectivity index (χ1) is 1.73. The maximum Gasteiger partial charge on any atom is 0.149 e. The van der Waals surface area contributed by atoms with E-state index in [2.05, 4.69) is 0 Å². The van der Waals surface area contributed by atoms with Gasteiger partial charge in [-0.05, 0) is 0 Å². The Morgan fingerprint density at radius 2 is 1.80 bits per heavy atom. The van der Waals surface area contributed by atoms with Gasteiger partial charge in [-0.25, -0.2) is 4.21 Å². The third-order valence-electron chi connectivity index (χ3n) is 0. The average Bonchev–Trinajstić information content (AvgIpc) is 0.811. The molecule has 0 aromatic rings. The van der Waals surface area contributed by atoms with Gasteiger partial charge in [-0.2, -0.15) is 0 Å². The quantitative estimate of drug-likeness (QED) is 0.330. The summed E-state index contributed by atoms with van der Waals surface area (Å²) in [6.07, 6.45) is 1.19. The minimum atomic E-state index is -1.61. The smallest absolute Gasteiger partial charge is 0.149 e. The zero-order valence-electron chi connectivity index (χ0n) is 3.26. The molecule has 0 aromatic carbocycles. The number of hydrogen-bond acceptors (Lipinski definition) is 1. The number of hydrogen-bond donors (Lipinski definition) is 1. The van der Waals surface area contributed by atoms with Gasteiger partial charge in [0.15, 0.2) is 0 Å². The van der Waals surface area contributed by atoms with Crippen LogP contribution < -0.4 is 0 Å². The van der Waals surface area contributed by atoms with Crippen LogP contribution in [0.1, 0.15) is 0 Å². The molecule has 0 aliphatic rings. The van der Waals surface area contributed by atoms with Crippen molar-refractivity contribution in [2.24, 2.45) is 0 Å². The summed E-state index contributed by atoms with van der Waals surface area (Å²) < 4.78 is 16.6. The molecule has 1 atom stereocenters. The van der Waals surface area contributed by atoms with E-state index in [0.29, 0.717) is 0 Å². The molecule has 0 bridgehead atoms. The molecule has 1 radical (unpaired) electrons. The molecular weight excluding hydrogens is 99.1 g/mol. The molecule has 0 aliphatic carbocycles. The van der Waals surface area contributed by atoms with Crippen molar-refractivity contribution in [1.82, 2.24) is 0 Å². The molecule has 4 heteroatoms. The molecule has 27 valence electrons. The summed E-state index contributed by atoms with van der Waals surface area (Å²) >= 11 is -1.61. The van der Waals surface area contributed by atoms with Crippen LogP contribution in [0.3, 0.4) is 0 Å². The maximum atomic E-state index is 9.11. The van der Waals surface area contributed by atoms with Gasteiger partial charge in [-0.15, -0.1) is 0 Å². The molecule has 5 heavy (non-hydrogen) atoms. The molecule has 0 spiro atoms. The first-order valence-corrected chi connectivity index (χ1v) is 2.27. The average molecular weight is 103 g/mol. The van der Waals surface area contributed by atoms with Crippen molar-refractivity contribution in [3.63, 3.8) is 0 Å². The fourth-order valence-electron chi connectivity index (χ4n) is 0. The zero-order valence-corrected chi connectivity index (χ0v) is 6.08. The van der Waals surface area contributed by atoms with Crippen LogP contribution in [0.25, 0.3) is 0 Å². The van der Waals surface area contributed by atoms with Gasteiger partial charge in [-0.1, -0.05) is 0 Å². The Labute approximate surface area is 55.5 Å². The summed E-state index contributed by atoms with van der Waals surface area (Å²) in [6.45, 7) is 0. The van der Waals surface area contributed by atoms with Crippen molar-refractivity contribution in [2.75, 3.05) is 6.26 Å². The van der Waals surface area contributed by atoms with Gasteiger partial charge in [0.2, 0.25) is 0 Å². The van der Waals surface area contributed by atoms with E-state index in [1.807, 2.05) is 0 Å². The summed E-state index contributed by atoms with van der Waals surface area (Å²) in [7, 11) is 0. The van der Waals surface area contributed by atoms with E-state index in [9.17, 15) is 0 Å². The molecule has 0 aromatic heterocycles. The Hall–Kier alpha value is 1.11. The third kappa shape index (κ3) is 40.1. The van der Waals surface area contributed by atoms with E-state index in [0.717, 1.165) is 0 Å². The Morgan fingerprint density at radius 3 is 1.80 bits per heavy atom. The molecule has 0 rings (SSSR count). The molecular formula is CH4NaO2S. The van der Waals surface area contributed by atoms with Crippen molar-refractivity contribution >= 4 is 40.6 Å². The van der Waals surface area contributed by atoms with E-state index in [1.54, 1.807) is 0 Å². The first-order valence-electron chi connectivity index (χ1n) is 0.757. The van der Waals surface area contributed by atoms with Crippen LogP contribution >= 0.6 is 0 Å². The SMILES string of the molecule is CS(=O)O.[Na]. The van der Waals surface area contributed by atoms with Gasteiger partial charge < -0.3 is 4.55 Å². The number of rotatable bonds is 0. The van der Waals surface area contributed by atoms with Crippen molar-refractivity contribution < 1.29 is 8.76 Å². The van der Waals surface area contributed by atoms with Crippen LogP contribution in [0.2, 0.25) is 0 Å². The Balaban J connectivity index is 0. The molecule has 0 saturated heterocycles. The van der Waals surface area contributed by atoms with Crippen LogP contribution in [0.15, 0.2) is 0 Å². The van der Waals surface area contributed by atoms with Crippen LogP contribution in [0, 0.1) is 0 Å². The summed E-state index contributed by atoms with van der Waals surface area (Å²) in [4.78, 5) is 0. The van der Waals surface area contributed by atoms with Crippen LogP contribution in [0.5, 0.6) is 0 Å². The normalized spacial score (nSPS) is 12.4. The maximum absolute atomic E-state index is 9.11. The van der Waals surface area contributed by atoms with Crippen molar-refractivity contribution in [3.05, 3.63) is 0 Å². The molecule has 0 saturated carbocycles. The van der Waals surface area contributed by atoms with Gasteiger partial charge in [0, 0.05) is 35.8 Å². The molecule has 0 heterocycles. The summed E-state index contributed by atoms with van der Waals surface area (Å²) in [5.41, 5.74) is 0. The third-order valence-corrected chi connectivity index (χ3v) is 0.